The Hall–Kier alpha value is -3.61. The highest BCUT2D eigenvalue weighted by molar-refractivity contribution is 7.91. The van der Waals surface area contributed by atoms with E-state index in [1.54, 1.807) is 7.05 Å². The Kier molecular flexibility index (Phi) is 8.79. The zero-order valence-electron chi connectivity index (χ0n) is 17.0. The Bertz CT molecular complexity index is 1260. The summed E-state index contributed by atoms with van der Waals surface area (Å²) in [6.45, 7) is 0.343. The molecule has 3 rings (SSSR count). The van der Waals surface area contributed by atoms with Gasteiger partial charge in [0.2, 0.25) is 9.84 Å². The standard InChI is InChI=1S/C16H14ClFN4O2S.C4H4O4/c1-19-9-11-8-15(25(23,24)12-4-3-7-20-10-12)22(21-11)14-6-2-5-13(18)16(14)17;5-3(6)1-2-4(7)8/h2-8,10,19H,9H2,1H3;1-2H,(H,5,6)(H,7,8). The molecule has 0 amide bonds. The average Bonchev–Trinajstić information content (AvgIpc) is 3.20. The van der Waals surface area contributed by atoms with E-state index < -0.39 is 27.6 Å². The Labute approximate surface area is 192 Å². The van der Waals surface area contributed by atoms with Crippen LogP contribution >= 0.6 is 11.6 Å². The Morgan fingerprint density at radius 2 is 1.85 bits per heavy atom. The van der Waals surface area contributed by atoms with E-state index in [1.807, 2.05) is 0 Å². The first-order valence-electron chi connectivity index (χ1n) is 9.05. The largest absolute Gasteiger partial charge is 0.478 e. The highest BCUT2D eigenvalue weighted by atomic mass is 35.5. The number of halogens is 2. The molecule has 33 heavy (non-hydrogen) atoms. The fourth-order valence-electron chi connectivity index (χ4n) is 2.47. The minimum Gasteiger partial charge on any atom is -0.478 e. The van der Waals surface area contributed by atoms with Crippen molar-refractivity contribution in [2.75, 3.05) is 7.05 Å². The number of aromatic nitrogens is 3. The maximum atomic E-state index is 13.8. The molecule has 0 spiro atoms. The van der Waals surface area contributed by atoms with Crippen LogP contribution in [0.15, 0.2) is 70.9 Å². The smallest absolute Gasteiger partial charge is 0.328 e. The number of carbonyl (C=O) groups is 2. The summed E-state index contributed by atoms with van der Waals surface area (Å²) in [5, 5.41) is 22.5. The summed E-state index contributed by atoms with van der Waals surface area (Å²) < 4.78 is 40.9. The van der Waals surface area contributed by atoms with Gasteiger partial charge in [0.25, 0.3) is 0 Å². The van der Waals surface area contributed by atoms with Crippen molar-refractivity contribution in [2.45, 2.75) is 16.5 Å². The van der Waals surface area contributed by atoms with Gasteiger partial charge in [-0.1, -0.05) is 17.7 Å². The average molecular weight is 497 g/mol. The summed E-state index contributed by atoms with van der Waals surface area (Å²) in [5.41, 5.74) is 0.622. The van der Waals surface area contributed by atoms with E-state index in [0.29, 0.717) is 24.4 Å². The molecule has 2 aromatic heterocycles. The van der Waals surface area contributed by atoms with Crippen molar-refractivity contribution >= 4 is 33.4 Å². The molecule has 0 atom stereocenters. The van der Waals surface area contributed by atoms with Crippen LogP contribution in [0, 0.1) is 5.82 Å². The van der Waals surface area contributed by atoms with E-state index in [9.17, 15) is 22.4 Å². The predicted octanol–water partition coefficient (Wildman–Crippen LogP) is 2.32. The number of hydrogen-bond acceptors (Lipinski definition) is 7. The SMILES string of the molecule is CNCc1cc(S(=O)(=O)c2cccnc2)n(-c2cccc(F)c2Cl)n1.O=C(O)C=CC(=O)O. The van der Waals surface area contributed by atoms with Gasteiger partial charge in [-0.3, -0.25) is 4.98 Å². The third-order valence-corrected chi connectivity index (χ3v) is 5.91. The first-order chi connectivity index (χ1) is 15.6. The summed E-state index contributed by atoms with van der Waals surface area (Å²) in [4.78, 5) is 23.0. The molecule has 0 fully saturated rings. The van der Waals surface area contributed by atoms with E-state index in [0.717, 1.165) is 4.68 Å². The molecule has 0 aliphatic heterocycles. The zero-order chi connectivity index (χ0) is 24.6. The highest BCUT2D eigenvalue weighted by Crippen LogP contribution is 2.29. The number of carboxylic acid groups (broad SMARTS) is 2. The fourth-order valence-corrected chi connectivity index (χ4v) is 4.03. The summed E-state index contributed by atoms with van der Waals surface area (Å²) in [5.74, 6) is -3.17. The van der Waals surface area contributed by atoms with Gasteiger partial charge in [0.05, 0.1) is 16.3 Å². The number of hydrogen-bond donors (Lipinski definition) is 3. The summed E-state index contributed by atoms with van der Waals surface area (Å²) in [6.07, 6.45) is 3.84. The molecule has 0 aliphatic carbocycles. The maximum absolute atomic E-state index is 13.8. The summed E-state index contributed by atoms with van der Waals surface area (Å²) in [6, 6.07) is 8.53. The van der Waals surface area contributed by atoms with Crippen LogP contribution in [0.4, 0.5) is 4.39 Å². The summed E-state index contributed by atoms with van der Waals surface area (Å²) in [7, 11) is -2.20. The number of nitrogens with one attached hydrogen (secondary N) is 1. The van der Waals surface area contributed by atoms with Gasteiger partial charge in [-0.25, -0.2) is 27.1 Å². The molecule has 0 saturated heterocycles. The van der Waals surface area contributed by atoms with Gasteiger partial charge in [0.1, 0.15) is 10.8 Å². The summed E-state index contributed by atoms with van der Waals surface area (Å²) >= 11 is 6.02. The molecule has 0 aliphatic rings. The molecule has 1 aromatic carbocycles. The second kappa shape index (κ2) is 11.3. The number of pyridine rings is 1. The van der Waals surface area contributed by atoms with Crippen molar-refractivity contribution in [1.82, 2.24) is 20.1 Å². The van der Waals surface area contributed by atoms with Crippen molar-refractivity contribution in [3.8, 4) is 5.69 Å². The molecule has 0 bridgehead atoms. The van der Waals surface area contributed by atoms with Crippen LogP contribution in [0.1, 0.15) is 5.69 Å². The number of nitrogens with zero attached hydrogens (tertiary/aromatic N) is 3. The zero-order valence-corrected chi connectivity index (χ0v) is 18.6. The Balaban J connectivity index is 0.000000414. The lowest BCUT2D eigenvalue weighted by Crippen LogP contribution is -2.11. The van der Waals surface area contributed by atoms with Crippen LogP contribution in [0.5, 0.6) is 0 Å². The van der Waals surface area contributed by atoms with Crippen molar-refractivity contribution in [3.63, 3.8) is 0 Å². The monoisotopic (exact) mass is 496 g/mol. The molecule has 0 saturated carbocycles. The van der Waals surface area contributed by atoms with Gasteiger partial charge >= 0.3 is 11.9 Å². The molecule has 2 heterocycles. The molecule has 10 nitrogen and oxygen atoms in total. The van der Waals surface area contributed by atoms with Gasteiger partial charge in [-0.05, 0) is 31.3 Å². The van der Waals surface area contributed by atoms with Gasteiger partial charge < -0.3 is 15.5 Å². The second-order valence-electron chi connectivity index (χ2n) is 6.19. The number of benzene rings is 1. The first-order valence-corrected chi connectivity index (χ1v) is 10.9. The molecular formula is C20H18ClFN4O6S. The van der Waals surface area contributed by atoms with E-state index >= 15 is 0 Å². The van der Waals surface area contributed by atoms with Crippen LogP contribution in [0.3, 0.4) is 0 Å². The Morgan fingerprint density at radius 1 is 1.18 bits per heavy atom. The molecular weight excluding hydrogens is 479 g/mol. The number of carboxylic acids is 2. The highest BCUT2D eigenvalue weighted by Gasteiger charge is 2.26. The number of aliphatic carboxylic acids is 2. The van der Waals surface area contributed by atoms with Gasteiger partial charge in [-0.2, -0.15) is 5.10 Å². The van der Waals surface area contributed by atoms with Crippen LogP contribution in [-0.4, -0.2) is 52.4 Å². The lowest BCUT2D eigenvalue weighted by molar-refractivity contribution is -0.134. The minimum absolute atomic E-state index is 0.0136. The third-order valence-electron chi connectivity index (χ3n) is 3.83. The molecule has 0 radical (unpaired) electrons. The fraction of sp³-hybridized carbons (Fsp3) is 0.100. The lowest BCUT2D eigenvalue weighted by atomic mass is 10.3. The molecule has 3 aromatic rings. The van der Waals surface area contributed by atoms with Crippen molar-refractivity contribution in [3.05, 3.63) is 77.5 Å². The van der Waals surface area contributed by atoms with E-state index in [2.05, 4.69) is 15.4 Å². The van der Waals surface area contributed by atoms with Crippen molar-refractivity contribution in [1.29, 1.82) is 0 Å². The quantitative estimate of drug-likeness (QED) is 0.418. The maximum Gasteiger partial charge on any atom is 0.328 e. The van der Waals surface area contributed by atoms with Gasteiger partial charge in [-0.15, -0.1) is 0 Å². The van der Waals surface area contributed by atoms with E-state index in [4.69, 9.17) is 21.8 Å². The van der Waals surface area contributed by atoms with E-state index in [1.165, 1.54) is 48.8 Å². The van der Waals surface area contributed by atoms with Crippen LogP contribution in [0.2, 0.25) is 5.02 Å². The molecule has 0 unspecified atom stereocenters. The third kappa shape index (κ3) is 6.68. The molecule has 3 N–H and O–H groups in total. The lowest BCUT2D eigenvalue weighted by Gasteiger charge is -2.10. The first kappa shape index (κ1) is 25.6. The topological polar surface area (TPSA) is 151 Å². The van der Waals surface area contributed by atoms with Gasteiger partial charge in [0, 0.05) is 37.2 Å². The van der Waals surface area contributed by atoms with Crippen LogP contribution < -0.4 is 5.32 Å². The minimum atomic E-state index is -3.92. The second-order valence-corrected chi connectivity index (χ2v) is 8.47. The molecule has 13 heteroatoms. The van der Waals surface area contributed by atoms with Gasteiger partial charge in [0.15, 0.2) is 5.03 Å². The number of sulfone groups is 1. The van der Waals surface area contributed by atoms with Crippen molar-refractivity contribution < 1.29 is 32.6 Å². The van der Waals surface area contributed by atoms with E-state index in [-0.39, 0.29) is 20.6 Å². The number of rotatable bonds is 7. The Morgan fingerprint density at radius 3 is 2.39 bits per heavy atom. The van der Waals surface area contributed by atoms with Crippen LogP contribution in [0.25, 0.3) is 5.69 Å². The van der Waals surface area contributed by atoms with Crippen molar-refractivity contribution in [2.24, 2.45) is 0 Å². The van der Waals surface area contributed by atoms with Crippen LogP contribution in [-0.2, 0) is 26.0 Å². The predicted molar refractivity (Wildman–Crippen MR) is 115 cm³/mol. The molecule has 174 valence electrons. The normalized spacial score (nSPS) is 11.1.